The van der Waals surface area contributed by atoms with Crippen LogP contribution in [0.25, 0.3) is 6.08 Å². The van der Waals surface area contributed by atoms with E-state index in [1.807, 2.05) is 6.07 Å². The van der Waals surface area contributed by atoms with Crippen molar-refractivity contribution in [3.8, 4) is 6.07 Å². The summed E-state index contributed by atoms with van der Waals surface area (Å²) in [4.78, 5) is 27.7. The fourth-order valence-corrected chi connectivity index (χ4v) is 1.73. The molecule has 0 fully saturated rings. The molecule has 0 aliphatic carbocycles. The fraction of sp³-hybridized carbons (Fsp3) is 0.412. The summed E-state index contributed by atoms with van der Waals surface area (Å²) in [7, 11) is 0. The van der Waals surface area contributed by atoms with Gasteiger partial charge in [-0.2, -0.15) is 5.26 Å². The molecule has 128 valence electrons. The van der Waals surface area contributed by atoms with E-state index < -0.39 is 17.7 Å². The smallest absolute Gasteiger partial charge is 0.412 e. The number of nitrogens with zero attached hydrogens (tertiary/aromatic N) is 2. The maximum Gasteiger partial charge on any atom is 0.412 e. The molecule has 7 nitrogen and oxygen atoms in total. The summed E-state index contributed by atoms with van der Waals surface area (Å²) >= 11 is 0. The van der Waals surface area contributed by atoms with E-state index in [2.05, 4.69) is 10.3 Å². The van der Waals surface area contributed by atoms with Crippen molar-refractivity contribution in [2.45, 2.75) is 39.7 Å². The van der Waals surface area contributed by atoms with Crippen molar-refractivity contribution in [1.82, 2.24) is 4.98 Å². The Balaban J connectivity index is 3.07. The van der Waals surface area contributed by atoms with Gasteiger partial charge < -0.3 is 9.47 Å². The Morgan fingerprint density at radius 2 is 2.12 bits per heavy atom. The molecule has 1 amide bonds. The number of amides is 1. The number of aromatic nitrogens is 1. The number of esters is 1. The Hall–Kier alpha value is -2.88. The average molecular weight is 331 g/mol. The van der Waals surface area contributed by atoms with Gasteiger partial charge in [0.1, 0.15) is 5.60 Å². The molecule has 0 aromatic carbocycles. The van der Waals surface area contributed by atoms with E-state index in [0.29, 0.717) is 11.3 Å². The highest BCUT2D eigenvalue weighted by molar-refractivity contribution is 5.96. The van der Waals surface area contributed by atoms with Crippen LogP contribution in [0.1, 0.15) is 39.7 Å². The Morgan fingerprint density at radius 3 is 2.71 bits per heavy atom. The summed E-state index contributed by atoms with van der Waals surface area (Å²) in [5, 5.41) is 11.5. The predicted molar refractivity (Wildman–Crippen MR) is 88.9 cm³/mol. The summed E-state index contributed by atoms with van der Waals surface area (Å²) in [6.45, 7) is 7.15. The van der Waals surface area contributed by atoms with Crippen LogP contribution in [0.5, 0.6) is 0 Å². The van der Waals surface area contributed by atoms with E-state index in [4.69, 9.17) is 14.7 Å². The minimum Gasteiger partial charge on any atom is -0.463 e. The van der Waals surface area contributed by atoms with Crippen molar-refractivity contribution in [3.05, 3.63) is 29.6 Å². The predicted octanol–water partition coefficient (Wildman–Crippen LogP) is 3.29. The van der Waals surface area contributed by atoms with E-state index in [1.54, 1.807) is 33.8 Å². The van der Waals surface area contributed by atoms with Crippen LogP contribution in [-0.2, 0) is 14.3 Å². The zero-order valence-corrected chi connectivity index (χ0v) is 14.3. The van der Waals surface area contributed by atoms with Crippen LogP contribution in [-0.4, -0.2) is 29.3 Å². The molecule has 1 rings (SSSR count). The van der Waals surface area contributed by atoms with Crippen LogP contribution in [0.2, 0.25) is 0 Å². The van der Waals surface area contributed by atoms with Crippen molar-refractivity contribution in [2.75, 3.05) is 11.9 Å². The summed E-state index contributed by atoms with van der Waals surface area (Å²) < 4.78 is 10.1. The number of nitrogens with one attached hydrogen (secondary N) is 1. The first-order valence-electron chi connectivity index (χ1n) is 7.45. The molecule has 1 aromatic rings. The number of anilines is 1. The van der Waals surface area contributed by atoms with Crippen LogP contribution in [0.4, 0.5) is 10.5 Å². The molecule has 0 saturated carbocycles. The molecule has 0 spiro atoms. The third-order valence-corrected chi connectivity index (χ3v) is 2.63. The maximum atomic E-state index is 11.9. The Kier molecular flexibility index (Phi) is 6.93. The quantitative estimate of drug-likeness (QED) is 0.656. The van der Waals surface area contributed by atoms with Gasteiger partial charge in [-0.1, -0.05) is 0 Å². The fourth-order valence-electron chi connectivity index (χ4n) is 1.73. The molecule has 1 heterocycles. The SMILES string of the molecule is CCOC(=O)/C(=C/c1ccncc1NC(=O)OC(C)(C)C)CC#N. The first-order chi connectivity index (χ1) is 11.3. The molecule has 0 atom stereocenters. The van der Waals surface area contributed by atoms with E-state index in [0.717, 1.165) is 0 Å². The van der Waals surface area contributed by atoms with Gasteiger partial charge in [0, 0.05) is 11.8 Å². The van der Waals surface area contributed by atoms with E-state index in [9.17, 15) is 9.59 Å². The van der Waals surface area contributed by atoms with Gasteiger partial charge >= 0.3 is 12.1 Å². The van der Waals surface area contributed by atoms with Crippen molar-refractivity contribution in [2.24, 2.45) is 0 Å². The molecular formula is C17H21N3O4. The van der Waals surface area contributed by atoms with Crippen molar-refractivity contribution in [1.29, 1.82) is 5.26 Å². The number of hydrogen-bond donors (Lipinski definition) is 1. The van der Waals surface area contributed by atoms with Crippen LogP contribution in [0.15, 0.2) is 24.0 Å². The van der Waals surface area contributed by atoms with Gasteiger partial charge in [-0.05, 0) is 39.8 Å². The van der Waals surface area contributed by atoms with Crippen LogP contribution in [0, 0.1) is 11.3 Å². The lowest BCUT2D eigenvalue weighted by Crippen LogP contribution is -2.27. The zero-order valence-electron chi connectivity index (χ0n) is 14.3. The number of carbonyl (C=O) groups excluding carboxylic acids is 2. The average Bonchev–Trinajstić information content (AvgIpc) is 2.47. The Morgan fingerprint density at radius 1 is 1.42 bits per heavy atom. The summed E-state index contributed by atoms with van der Waals surface area (Å²) in [5.74, 6) is -0.570. The molecule has 0 bridgehead atoms. The molecule has 0 aliphatic rings. The standard InChI is InChI=1S/C17H21N3O4/c1-5-23-15(21)13(6-8-18)10-12-7-9-19-11-14(12)20-16(22)24-17(2,3)4/h7,9-11H,5-6H2,1-4H3,(H,20,22)/b13-10+. The molecule has 7 heteroatoms. The molecule has 1 aromatic heterocycles. The molecular weight excluding hydrogens is 310 g/mol. The third-order valence-electron chi connectivity index (χ3n) is 2.63. The zero-order chi connectivity index (χ0) is 18.2. The van der Waals surface area contributed by atoms with Crippen molar-refractivity contribution in [3.63, 3.8) is 0 Å². The number of carbonyl (C=O) groups is 2. The van der Waals surface area contributed by atoms with Gasteiger partial charge in [-0.3, -0.25) is 10.3 Å². The number of pyridine rings is 1. The Bertz CT molecular complexity index is 669. The van der Waals surface area contributed by atoms with Crippen molar-refractivity contribution >= 4 is 23.8 Å². The highest BCUT2D eigenvalue weighted by atomic mass is 16.6. The minimum atomic E-state index is -0.640. The summed E-state index contributed by atoms with van der Waals surface area (Å²) in [5.41, 5.74) is 0.442. The minimum absolute atomic E-state index is 0.104. The Labute approximate surface area is 141 Å². The second-order valence-corrected chi connectivity index (χ2v) is 5.81. The van der Waals surface area contributed by atoms with E-state index in [-0.39, 0.29) is 18.6 Å². The van der Waals surface area contributed by atoms with Gasteiger partial charge in [0.25, 0.3) is 0 Å². The van der Waals surface area contributed by atoms with Gasteiger partial charge in [0.15, 0.2) is 0 Å². The highest BCUT2D eigenvalue weighted by Crippen LogP contribution is 2.20. The van der Waals surface area contributed by atoms with Crippen LogP contribution < -0.4 is 5.32 Å². The van der Waals surface area contributed by atoms with E-state index in [1.165, 1.54) is 18.5 Å². The molecule has 0 radical (unpaired) electrons. The van der Waals surface area contributed by atoms with Gasteiger partial charge in [0.05, 0.1) is 36.6 Å². The lowest BCUT2D eigenvalue weighted by Gasteiger charge is -2.20. The largest absolute Gasteiger partial charge is 0.463 e. The lowest BCUT2D eigenvalue weighted by atomic mass is 10.1. The molecule has 0 aliphatic heterocycles. The summed E-state index contributed by atoms with van der Waals surface area (Å²) in [6, 6.07) is 3.54. The summed E-state index contributed by atoms with van der Waals surface area (Å²) in [6.07, 6.45) is 3.71. The number of rotatable bonds is 5. The van der Waals surface area contributed by atoms with Crippen LogP contribution >= 0.6 is 0 Å². The molecule has 24 heavy (non-hydrogen) atoms. The molecule has 0 unspecified atom stereocenters. The number of nitriles is 1. The van der Waals surface area contributed by atoms with Crippen molar-refractivity contribution < 1.29 is 19.1 Å². The topological polar surface area (TPSA) is 101 Å². The van der Waals surface area contributed by atoms with Gasteiger partial charge in [0.2, 0.25) is 0 Å². The monoisotopic (exact) mass is 331 g/mol. The second-order valence-electron chi connectivity index (χ2n) is 5.81. The van der Waals surface area contributed by atoms with Crippen LogP contribution in [0.3, 0.4) is 0 Å². The van der Waals surface area contributed by atoms with Gasteiger partial charge in [-0.15, -0.1) is 0 Å². The first kappa shape index (κ1) is 19.2. The second kappa shape index (κ2) is 8.67. The molecule has 0 saturated heterocycles. The lowest BCUT2D eigenvalue weighted by molar-refractivity contribution is -0.138. The first-order valence-corrected chi connectivity index (χ1v) is 7.45. The normalized spacial score (nSPS) is 11.4. The maximum absolute atomic E-state index is 11.9. The highest BCUT2D eigenvalue weighted by Gasteiger charge is 2.17. The van der Waals surface area contributed by atoms with Gasteiger partial charge in [-0.25, -0.2) is 9.59 Å². The number of hydrogen-bond acceptors (Lipinski definition) is 6. The molecule has 1 N–H and O–H groups in total. The number of ether oxygens (including phenoxy) is 2. The third kappa shape index (κ3) is 6.48. The van der Waals surface area contributed by atoms with E-state index >= 15 is 0 Å².